The molecule has 1 saturated heterocycles. The molecule has 88 valence electrons. The van der Waals surface area contributed by atoms with Crippen molar-refractivity contribution in [2.45, 2.75) is 50.9 Å². The summed E-state index contributed by atoms with van der Waals surface area (Å²) in [7, 11) is 0. The Bertz CT molecular complexity index is 362. The van der Waals surface area contributed by atoms with E-state index in [9.17, 15) is 0 Å². The molecule has 2 aliphatic rings. The Morgan fingerprint density at radius 1 is 1.12 bits per heavy atom. The summed E-state index contributed by atoms with van der Waals surface area (Å²) in [6.07, 6.45) is 6.29. The minimum atomic E-state index is 0.620. The summed E-state index contributed by atoms with van der Waals surface area (Å²) in [6, 6.07) is 0. The maximum atomic E-state index is 5.84. The summed E-state index contributed by atoms with van der Waals surface area (Å²) in [4.78, 5) is 4.76. The number of hydrogen-bond acceptors (Lipinski definition) is 3. The van der Waals surface area contributed by atoms with Crippen LogP contribution in [0, 0.1) is 6.92 Å². The van der Waals surface area contributed by atoms with Crippen molar-refractivity contribution in [3.8, 4) is 0 Å². The van der Waals surface area contributed by atoms with E-state index in [-0.39, 0.29) is 0 Å². The van der Waals surface area contributed by atoms with Crippen LogP contribution in [0.25, 0.3) is 0 Å². The van der Waals surface area contributed by atoms with Crippen molar-refractivity contribution < 1.29 is 4.42 Å². The van der Waals surface area contributed by atoms with Gasteiger partial charge in [-0.2, -0.15) is 0 Å². The van der Waals surface area contributed by atoms with Crippen LogP contribution in [-0.2, 0) is 0 Å². The molecule has 3 rings (SSSR count). The van der Waals surface area contributed by atoms with Gasteiger partial charge in [0.2, 0.25) is 0 Å². The number of nitrogens with zero attached hydrogens (tertiary/aromatic N) is 1. The summed E-state index contributed by atoms with van der Waals surface area (Å²) in [5, 5.41) is 3.40. The third kappa shape index (κ3) is 1.77. The topological polar surface area (TPSA) is 38.1 Å². The minimum absolute atomic E-state index is 0.620. The molecule has 3 nitrogen and oxygen atoms in total. The molecule has 2 heterocycles. The second-order valence-corrected chi connectivity index (χ2v) is 5.15. The monoisotopic (exact) mass is 220 g/mol. The third-order valence-electron chi connectivity index (χ3n) is 4.03. The van der Waals surface area contributed by atoms with Gasteiger partial charge < -0.3 is 9.73 Å². The summed E-state index contributed by atoms with van der Waals surface area (Å²) in [5.74, 6) is 3.32. The number of oxazole rings is 1. The zero-order chi connectivity index (χ0) is 11.0. The number of piperidine rings is 1. The summed E-state index contributed by atoms with van der Waals surface area (Å²) in [5.41, 5.74) is 1.24. The second kappa shape index (κ2) is 4.21. The van der Waals surface area contributed by atoms with E-state index in [1.807, 2.05) is 0 Å². The quantitative estimate of drug-likeness (QED) is 0.832. The molecule has 2 fully saturated rings. The van der Waals surface area contributed by atoms with Gasteiger partial charge in [0.1, 0.15) is 5.76 Å². The van der Waals surface area contributed by atoms with E-state index in [1.165, 1.54) is 37.8 Å². The van der Waals surface area contributed by atoms with Crippen molar-refractivity contribution >= 4 is 0 Å². The molecule has 0 spiro atoms. The molecule has 0 amide bonds. The Balaban J connectivity index is 1.79. The number of aromatic nitrogens is 1. The van der Waals surface area contributed by atoms with Crippen molar-refractivity contribution in [2.75, 3.05) is 13.1 Å². The maximum absolute atomic E-state index is 5.84. The Hall–Kier alpha value is -0.830. The van der Waals surface area contributed by atoms with Gasteiger partial charge in [0, 0.05) is 11.8 Å². The molecule has 0 atom stereocenters. The molecule has 1 saturated carbocycles. The van der Waals surface area contributed by atoms with E-state index in [0.717, 1.165) is 24.7 Å². The van der Waals surface area contributed by atoms with E-state index < -0.39 is 0 Å². The van der Waals surface area contributed by atoms with Crippen LogP contribution in [0.3, 0.4) is 0 Å². The first-order valence-corrected chi connectivity index (χ1v) is 6.52. The van der Waals surface area contributed by atoms with Crippen LogP contribution in [0.5, 0.6) is 0 Å². The molecule has 1 aromatic rings. The highest BCUT2D eigenvalue weighted by Crippen LogP contribution is 2.38. The lowest BCUT2D eigenvalue weighted by Crippen LogP contribution is -2.27. The zero-order valence-corrected chi connectivity index (χ0v) is 9.96. The van der Waals surface area contributed by atoms with Gasteiger partial charge in [-0.15, -0.1) is 0 Å². The Morgan fingerprint density at radius 3 is 2.50 bits per heavy atom. The standard InChI is InChI=1S/C13H20N2O/c1-9-12(10-5-7-14-8-6-10)15-13(16-9)11-3-2-4-11/h10-11,14H,2-8H2,1H3. The fourth-order valence-corrected chi connectivity index (χ4v) is 2.73. The largest absolute Gasteiger partial charge is 0.445 e. The Labute approximate surface area is 96.6 Å². The van der Waals surface area contributed by atoms with Crippen molar-refractivity contribution in [1.29, 1.82) is 0 Å². The van der Waals surface area contributed by atoms with Gasteiger partial charge in [0.05, 0.1) is 5.69 Å². The molecule has 1 aliphatic carbocycles. The van der Waals surface area contributed by atoms with Gasteiger partial charge in [-0.1, -0.05) is 6.42 Å². The normalized spacial score (nSPS) is 23.3. The molecule has 0 bridgehead atoms. The van der Waals surface area contributed by atoms with Crippen LogP contribution in [-0.4, -0.2) is 18.1 Å². The van der Waals surface area contributed by atoms with Gasteiger partial charge in [0.15, 0.2) is 5.89 Å². The highest BCUT2D eigenvalue weighted by molar-refractivity contribution is 5.17. The van der Waals surface area contributed by atoms with Crippen LogP contribution in [0.1, 0.15) is 61.3 Å². The number of nitrogens with one attached hydrogen (secondary N) is 1. The lowest BCUT2D eigenvalue weighted by atomic mass is 9.85. The second-order valence-electron chi connectivity index (χ2n) is 5.15. The van der Waals surface area contributed by atoms with Gasteiger partial charge >= 0.3 is 0 Å². The summed E-state index contributed by atoms with van der Waals surface area (Å²) >= 11 is 0. The fraction of sp³-hybridized carbons (Fsp3) is 0.769. The Morgan fingerprint density at radius 2 is 1.88 bits per heavy atom. The smallest absolute Gasteiger partial charge is 0.197 e. The predicted octanol–water partition coefficient (Wildman–Crippen LogP) is 2.72. The Kier molecular flexibility index (Phi) is 2.72. The number of aryl methyl sites for hydroxylation is 1. The molecule has 0 radical (unpaired) electrons. The van der Waals surface area contributed by atoms with E-state index in [1.54, 1.807) is 0 Å². The lowest BCUT2D eigenvalue weighted by molar-refractivity contribution is 0.329. The first kappa shape index (κ1) is 10.3. The van der Waals surface area contributed by atoms with Crippen molar-refractivity contribution in [1.82, 2.24) is 10.3 Å². The third-order valence-corrected chi connectivity index (χ3v) is 4.03. The molecular weight excluding hydrogens is 200 g/mol. The highest BCUT2D eigenvalue weighted by atomic mass is 16.4. The molecule has 1 aromatic heterocycles. The molecule has 0 unspecified atom stereocenters. The SMILES string of the molecule is Cc1oc(C2CCC2)nc1C1CCNCC1. The van der Waals surface area contributed by atoms with Crippen molar-refractivity contribution in [3.63, 3.8) is 0 Å². The molecule has 0 aromatic carbocycles. The van der Waals surface area contributed by atoms with Gasteiger partial charge in [-0.3, -0.25) is 0 Å². The molecule has 16 heavy (non-hydrogen) atoms. The first-order chi connectivity index (χ1) is 7.84. The molecule has 3 heteroatoms. The van der Waals surface area contributed by atoms with E-state index in [0.29, 0.717) is 11.8 Å². The lowest BCUT2D eigenvalue weighted by Gasteiger charge is -2.22. The maximum Gasteiger partial charge on any atom is 0.197 e. The average Bonchev–Trinajstić information content (AvgIpc) is 2.59. The van der Waals surface area contributed by atoms with E-state index in [2.05, 4.69) is 12.2 Å². The van der Waals surface area contributed by atoms with Gasteiger partial charge in [0.25, 0.3) is 0 Å². The van der Waals surface area contributed by atoms with Crippen LogP contribution in [0.15, 0.2) is 4.42 Å². The van der Waals surface area contributed by atoms with Crippen LogP contribution < -0.4 is 5.32 Å². The molecule has 1 N–H and O–H groups in total. The number of rotatable bonds is 2. The van der Waals surface area contributed by atoms with E-state index >= 15 is 0 Å². The fourth-order valence-electron chi connectivity index (χ4n) is 2.73. The molecule has 1 aliphatic heterocycles. The average molecular weight is 220 g/mol. The van der Waals surface area contributed by atoms with Gasteiger partial charge in [-0.25, -0.2) is 4.98 Å². The summed E-state index contributed by atoms with van der Waals surface area (Å²) in [6.45, 7) is 4.32. The van der Waals surface area contributed by atoms with Crippen molar-refractivity contribution in [2.24, 2.45) is 0 Å². The first-order valence-electron chi connectivity index (χ1n) is 6.52. The van der Waals surface area contributed by atoms with Crippen LogP contribution >= 0.6 is 0 Å². The van der Waals surface area contributed by atoms with Gasteiger partial charge in [-0.05, 0) is 45.7 Å². The van der Waals surface area contributed by atoms with Crippen LogP contribution in [0.4, 0.5) is 0 Å². The zero-order valence-electron chi connectivity index (χ0n) is 9.96. The van der Waals surface area contributed by atoms with Crippen molar-refractivity contribution in [3.05, 3.63) is 17.3 Å². The van der Waals surface area contributed by atoms with E-state index in [4.69, 9.17) is 9.40 Å². The van der Waals surface area contributed by atoms with Crippen LogP contribution in [0.2, 0.25) is 0 Å². The minimum Gasteiger partial charge on any atom is -0.445 e. The highest BCUT2D eigenvalue weighted by Gasteiger charge is 2.28. The summed E-state index contributed by atoms with van der Waals surface area (Å²) < 4.78 is 5.84. The number of hydrogen-bond donors (Lipinski definition) is 1. The predicted molar refractivity (Wildman–Crippen MR) is 62.7 cm³/mol. The molecular formula is C13H20N2O.